The van der Waals surface area contributed by atoms with Gasteiger partial charge in [0.25, 0.3) is 11.8 Å². The highest BCUT2D eigenvalue weighted by atomic mass is 16.4. The predicted molar refractivity (Wildman–Crippen MR) is 177 cm³/mol. The van der Waals surface area contributed by atoms with E-state index in [1.165, 1.54) is 30.3 Å². The second kappa shape index (κ2) is 11.2. The maximum Gasteiger partial charge on any atom is 0.336 e. The fourth-order valence-corrected chi connectivity index (χ4v) is 5.61. The molecule has 0 spiro atoms. The Balaban J connectivity index is 1.44. The van der Waals surface area contributed by atoms with Crippen LogP contribution >= 0.6 is 0 Å². The summed E-state index contributed by atoms with van der Waals surface area (Å²) in [5.41, 5.74) is 0.886. The molecule has 0 unspecified atom stereocenters. The van der Waals surface area contributed by atoms with E-state index in [1.807, 2.05) is 24.3 Å². The number of carboxylic acid groups (broad SMARTS) is 2. The highest BCUT2D eigenvalue weighted by Gasteiger charge is 2.22. The van der Waals surface area contributed by atoms with Gasteiger partial charge < -0.3 is 20.8 Å². The van der Waals surface area contributed by atoms with Crippen molar-refractivity contribution >= 4 is 67.4 Å². The van der Waals surface area contributed by atoms with Gasteiger partial charge in [0, 0.05) is 38.8 Å². The van der Waals surface area contributed by atoms with E-state index in [9.17, 15) is 29.4 Å². The van der Waals surface area contributed by atoms with Gasteiger partial charge in [-0.05, 0) is 64.0 Å². The summed E-state index contributed by atoms with van der Waals surface area (Å²) in [5.74, 6) is 3.18. The number of carboxylic acids is 2. The molecule has 4 N–H and O–H groups in total. The van der Waals surface area contributed by atoms with E-state index in [4.69, 9.17) is 19.3 Å². The summed E-state index contributed by atoms with van der Waals surface area (Å²) in [5, 5.41) is 29.8. The third kappa shape index (κ3) is 4.77. The number of anilines is 2. The van der Waals surface area contributed by atoms with Crippen LogP contribution in [-0.2, 0) is 0 Å². The van der Waals surface area contributed by atoms with Crippen molar-refractivity contribution in [1.29, 1.82) is 0 Å². The lowest BCUT2D eigenvalue weighted by atomic mass is 9.92. The van der Waals surface area contributed by atoms with Crippen LogP contribution in [0.15, 0.2) is 78.9 Å². The fraction of sp³-hybridized carbons (Fsp3) is 0. The molecule has 0 radical (unpaired) electrons. The van der Waals surface area contributed by atoms with Crippen molar-refractivity contribution < 1.29 is 29.4 Å². The minimum atomic E-state index is -1.34. The van der Waals surface area contributed by atoms with Gasteiger partial charge in [-0.2, -0.15) is 0 Å². The first-order valence-corrected chi connectivity index (χ1v) is 13.7. The normalized spacial score (nSPS) is 10.6. The SMILES string of the molecule is C#Cc1ccc(C(=O)Nc2ccc3ccc4ccc(NC(=O)c5cc(C#C)c(C#C)cc5C(=O)O)c5ccc2c3c45)c(C(=O)O)c1. The Bertz CT molecular complexity index is 2450. The standard InChI is InChI=1S/C38H20N2O6/c1-4-20-7-12-25(29(17-20)37(43)44)35(41)39-31-15-10-23-8-9-24-11-16-32(27-14-13-26(31)33(23)34(24)27)40-36(42)28-18-21(5-2)22(6-3)19-30(28)38(45)46/h1-3,7-19H,(H,39,41)(H,40,42)(H,43,44)(H,45,46). The number of hydrogen-bond donors (Lipinski definition) is 4. The largest absolute Gasteiger partial charge is 0.478 e. The van der Waals surface area contributed by atoms with Crippen molar-refractivity contribution in [2.45, 2.75) is 0 Å². The summed E-state index contributed by atoms with van der Waals surface area (Å²) in [6, 6.07) is 21.2. The van der Waals surface area contributed by atoms with Crippen LogP contribution in [0.3, 0.4) is 0 Å². The van der Waals surface area contributed by atoms with Crippen LogP contribution in [0.4, 0.5) is 11.4 Å². The first-order valence-electron chi connectivity index (χ1n) is 13.7. The summed E-state index contributed by atoms with van der Waals surface area (Å²) < 4.78 is 0. The van der Waals surface area contributed by atoms with Gasteiger partial charge in [0.05, 0.1) is 22.3 Å². The molecule has 6 rings (SSSR count). The van der Waals surface area contributed by atoms with Gasteiger partial charge in [-0.1, -0.05) is 54.2 Å². The van der Waals surface area contributed by atoms with Crippen molar-refractivity contribution in [2.75, 3.05) is 10.6 Å². The van der Waals surface area contributed by atoms with Crippen molar-refractivity contribution in [2.24, 2.45) is 0 Å². The van der Waals surface area contributed by atoms with E-state index < -0.39 is 23.8 Å². The molecule has 0 heterocycles. The highest BCUT2D eigenvalue weighted by Crippen LogP contribution is 2.40. The molecular formula is C38H20N2O6. The fourth-order valence-electron chi connectivity index (χ4n) is 5.61. The third-order valence-corrected chi connectivity index (χ3v) is 7.77. The summed E-state index contributed by atoms with van der Waals surface area (Å²) >= 11 is 0. The summed E-state index contributed by atoms with van der Waals surface area (Å²) in [4.78, 5) is 50.7. The Morgan fingerprint density at radius 3 is 1.46 bits per heavy atom. The van der Waals surface area contributed by atoms with E-state index in [-0.39, 0.29) is 33.4 Å². The van der Waals surface area contributed by atoms with E-state index in [0.29, 0.717) is 27.7 Å². The first-order chi connectivity index (χ1) is 22.1. The molecule has 0 atom stereocenters. The van der Waals surface area contributed by atoms with Gasteiger partial charge in [0.15, 0.2) is 0 Å². The monoisotopic (exact) mass is 600 g/mol. The number of nitrogens with one attached hydrogen (secondary N) is 2. The average molecular weight is 601 g/mol. The molecule has 0 bridgehead atoms. The van der Waals surface area contributed by atoms with Crippen molar-refractivity contribution in [3.8, 4) is 37.0 Å². The van der Waals surface area contributed by atoms with E-state index >= 15 is 0 Å². The number of aromatic carboxylic acids is 2. The Morgan fingerprint density at radius 1 is 0.522 bits per heavy atom. The molecular weight excluding hydrogens is 580 g/mol. The Morgan fingerprint density at radius 2 is 0.978 bits per heavy atom. The smallest absolute Gasteiger partial charge is 0.336 e. The van der Waals surface area contributed by atoms with Crippen molar-refractivity contribution in [3.05, 3.63) is 118 Å². The molecule has 0 aliphatic carbocycles. The van der Waals surface area contributed by atoms with Gasteiger partial charge in [0.1, 0.15) is 0 Å². The zero-order valence-electron chi connectivity index (χ0n) is 23.8. The molecule has 0 aliphatic rings. The molecule has 0 saturated carbocycles. The number of benzene rings is 6. The first kappa shape index (κ1) is 29.0. The van der Waals surface area contributed by atoms with E-state index in [0.717, 1.165) is 21.5 Å². The zero-order valence-corrected chi connectivity index (χ0v) is 23.8. The molecule has 8 nitrogen and oxygen atoms in total. The lowest BCUT2D eigenvalue weighted by Crippen LogP contribution is -2.17. The maximum atomic E-state index is 13.5. The molecule has 0 aliphatic heterocycles. The molecule has 8 heteroatoms. The maximum absolute atomic E-state index is 13.5. The lowest BCUT2D eigenvalue weighted by Gasteiger charge is -2.17. The molecule has 46 heavy (non-hydrogen) atoms. The molecule has 0 fully saturated rings. The van der Waals surface area contributed by atoms with Crippen LogP contribution < -0.4 is 10.6 Å². The van der Waals surface area contributed by atoms with Gasteiger partial charge >= 0.3 is 11.9 Å². The Labute approximate surface area is 262 Å². The van der Waals surface area contributed by atoms with Crippen LogP contribution in [0.5, 0.6) is 0 Å². The van der Waals surface area contributed by atoms with Crippen LogP contribution in [0.2, 0.25) is 0 Å². The average Bonchev–Trinajstić information content (AvgIpc) is 3.07. The topological polar surface area (TPSA) is 133 Å². The van der Waals surface area contributed by atoms with Crippen LogP contribution in [0.25, 0.3) is 32.3 Å². The van der Waals surface area contributed by atoms with Gasteiger partial charge in [-0.3, -0.25) is 9.59 Å². The van der Waals surface area contributed by atoms with Gasteiger partial charge in [-0.15, -0.1) is 19.3 Å². The Kier molecular flexibility index (Phi) is 7.07. The van der Waals surface area contributed by atoms with Crippen LogP contribution in [0, 0.1) is 37.0 Å². The molecule has 0 saturated heterocycles. The predicted octanol–water partition coefficient (Wildman–Crippen LogP) is 6.43. The van der Waals surface area contributed by atoms with E-state index in [1.54, 1.807) is 24.3 Å². The number of hydrogen-bond acceptors (Lipinski definition) is 4. The van der Waals surface area contributed by atoms with Gasteiger partial charge in [0.2, 0.25) is 0 Å². The summed E-state index contributed by atoms with van der Waals surface area (Å²) in [6.45, 7) is 0. The number of carbonyl (C=O) groups is 4. The quantitative estimate of drug-likeness (QED) is 0.129. The number of carbonyl (C=O) groups excluding carboxylic acids is 2. The minimum absolute atomic E-state index is 0.0498. The van der Waals surface area contributed by atoms with Crippen LogP contribution in [-0.4, -0.2) is 34.0 Å². The number of amides is 2. The summed E-state index contributed by atoms with van der Waals surface area (Å²) in [7, 11) is 0. The number of rotatable bonds is 6. The second-order valence-corrected chi connectivity index (χ2v) is 10.3. The van der Waals surface area contributed by atoms with Gasteiger partial charge in [-0.25, -0.2) is 9.59 Å². The number of terminal acetylenes is 3. The Hall–Kier alpha value is -7.08. The molecule has 218 valence electrons. The molecule has 2 amide bonds. The van der Waals surface area contributed by atoms with Crippen molar-refractivity contribution in [1.82, 2.24) is 0 Å². The van der Waals surface area contributed by atoms with Crippen LogP contribution in [0.1, 0.15) is 58.1 Å². The summed E-state index contributed by atoms with van der Waals surface area (Å²) in [6.07, 6.45) is 16.4. The minimum Gasteiger partial charge on any atom is -0.478 e. The third-order valence-electron chi connectivity index (χ3n) is 7.77. The lowest BCUT2D eigenvalue weighted by molar-refractivity contribution is 0.0683. The van der Waals surface area contributed by atoms with Crippen molar-refractivity contribution in [3.63, 3.8) is 0 Å². The zero-order chi connectivity index (χ0) is 32.7. The highest BCUT2D eigenvalue weighted by molar-refractivity contribution is 6.29. The molecule has 0 aromatic heterocycles. The van der Waals surface area contributed by atoms with E-state index in [2.05, 4.69) is 28.4 Å². The molecule has 6 aromatic rings. The second-order valence-electron chi connectivity index (χ2n) is 10.3. The molecule has 6 aromatic carbocycles.